The lowest BCUT2D eigenvalue weighted by Gasteiger charge is -2.19. The molecule has 0 saturated heterocycles. The highest BCUT2D eigenvalue weighted by Crippen LogP contribution is 2.27. The summed E-state index contributed by atoms with van der Waals surface area (Å²) in [6.45, 7) is 2.78. The van der Waals surface area contributed by atoms with Gasteiger partial charge in [0.15, 0.2) is 0 Å². The molecule has 0 fully saturated rings. The van der Waals surface area contributed by atoms with Crippen LogP contribution in [0.2, 0.25) is 15.1 Å². The lowest BCUT2D eigenvalue weighted by Crippen LogP contribution is -2.23. The number of nitrogens with one attached hydrogen (secondary N) is 1. The standard InChI is InChI=1S/C16H15Cl3FN/c1-2-21-16(11-4-6-13(18)15(20)9-11)8-10-3-5-12(17)14(19)7-10/h3-7,9,16,21H,2,8H2,1H3. The van der Waals surface area contributed by atoms with Gasteiger partial charge in [0.05, 0.1) is 15.1 Å². The molecule has 0 aliphatic rings. The van der Waals surface area contributed by atoms with Crippen molar-refractivity contribution in [2.75, 3.05) is 6.54 Å². The number of rotatable bonds is 5. The monoisotopic (exact) mass is 345 g/mol. The third kappa shape index (κ3) is 4.33. The summed E-state index contributed by atoms with van der Waals surface area (Å²) in [5.74, 6) is -0.411. The van der Waals surface area contributed by atoms with Crippen LogP contribution in [0.5, 0.6) is 0 Å². The second kappa shape index (κ2) is 7.46. The van der Waals surface area contributed by atoms with Gasteiger partial charge in [0.1, 0.15) is 5.82 Å². The molecular weight excluding hydrogens is 332 g/mol. The van der Waals surface area contributed by atoms with E-state index in [4.69, 9.17) is 34.8 Å². The van der Waals surface area contributed by atoms with Crippen molar-refractivity contribution in [2.24, 2.45) is 0 Å². The zero-order chi connectivity index (χ0) is 15.4. The molecule has 0 bridgehead atoms. The summed E-state index contributed by atoms with van der Waals surface area (Å²) in [7, 11) is 0. The van der Waals surface area contributed by atoms with Crippen LogP contribution in [0.3, 0.4) is 0 Å². The Balaban J connectivity index is 2.25. The second-order valence-corrected chi connectivity index (χ2v) is 5.96. The van der Waals surface area contributed by atoms with Gasteiger partial charge in [-0.15, -0.1) is 0 Å². The van der Waals surface area contributed by atoms with Crippen molar-refractivity contribution in [3.63, 3.8) is 0 Å². The molecule has 1 nitrogen and oxygen atoms in total. The fourth-order valence-electron chi connectivity index (χ4n) is 2.19. The molecule has 1 N–H and O–H groups in total. The van der Waals surface area contributed by atoms with Gasteiger partial charge in [-0.25, -0.2) is 4.39 Å². The molecule has 0 aliphatic heterocycles. The Hall–Kier alpha value is -0.800. The average Bonchev–Trinajstić information content (AvgIpc) is 2.45. The number of halogens is 4. The Morgan fingerprint density at radius 3 is 2.33 bits per heavy atom. The predicted octanol–water partition coefficient (Wildman–Crippen LogP) is 5.68. The van der Waals surface area contributed by atoms with Crippen LogP contribution in [0.15, 0.2) is 36.4 Å². The smallest absolute Gasteiger partial charge is 0.142 e. The summed E-state index contributed by atoms with van der Waals surface area (Å²) in [5.41, 5.74) is 1.88. The van der Waals surface area contributed by atoms with E-state index in [-0.39, 0.29) is 11.1 Å². The highest BCUT2D eigenvalue weighted by molar-refractivity contribution is 6.42. The minimum atomic E-state index is -0.411. The van der Waals surface area contributed by atoms with Gasteiger partial charge in [-0.2, -0.15) is 0 Å². The van der Waals surface area contributed by atoms with Crippen LogP contribution in [-0.2, 0) is 6.42 Å². The van der Waals surface area contributed by atoms with E-state index in [2.05, 4.69) is 5.32 Å². The van der Waals surface area contributed by atoms with Crippen molar-refractivity contribution in [2.45, 2.75) is 19.4 Å². The van der Waals surface area contributed by atoms with E-state index in [9.17, 15) is 4.39 Å². The lowest BCUT2D eigenvalue weighted by atomic mass is 9.98. The van der Waals surface area contributed by atoms with Crippen LogP contribution in [-0.4, -0.2) is 6.54 Å². The normalized spacial score (nSPS) is 12.4. The van der Waals surface area contributed by atoms with E-state index in [0.29, 0.717) is 16.5 Å². The summed E-state index contributed by atoms with van der Waals surface area (Å²) in [5, 5.41) is 4.52. The first-order valence-corrected chi connectivity index (χ1v) is 7.77. The number of hydrogen-bond donors (Lipinski definition) is 1. The Morgan fingerprint density at radius 2 is 1.71 bits per heavy atom. The Morgan fingerprint density at radius 1 is 1.00 bits per heavy atom. The van der Waals surface area contributed by atoms with Gasteiger partial charge >= 0.3 is 0 Å². The fraction of sp³-hybridized carbons (Fsp3) is 0.250. The Labute approximate surface area is 139 Å². The Bertz CT molecular complexity index is 631. The third-order valence-electron chi connectivity index (χ3n) is 3.22. The largest absolute Gasteiger partial charge is 0.310 e. The molecule has 0 aliphatic carbocycles. The molecule has 112 valence electrons. The Kier molecular flexibility index (Phi) is 5.88. The van der Waals surface area contributed by atoms with E-state index in [1.54, 1.807) is 12.1 Å². The van der Waals surface area contributed by atoms with Crippen LogP contribution in [0.1, 0.15) is 24.1 Å². The molecule has 0 heterocycles. The highest BCUT2D eigenvalue weighted by atomic mass is 35.5. The maximum atomic E-state index is 13.6. The molecule has 2 aromatic carbocycles. The molecule has 0 amide bonds. The summed E-state index contributed by atoms with van der Waals surface area (Å²) >= 11 is 17.7. The SMILES string of the molecule is CCNC(Cc1ccc(Cl)c(Cl)c1)c1ccc(Cl)c(F)c1. The van der Waals surface area contributed by atoms with Crippen LogP contribution >= 0.6 is 34.8 Å². The van der Waals surface area contributed by atoms with E-state index in [0.717, 1.165) is 17.7 Å². The maximum Gasteiger partial charge on any atom is 0.142 e. The highest BCUT2D eigenvalue weighted by Gasteiger charge is 2.14. The molecule has 5 heteroatoms. The number of likely N-dealkylation sites (N-methyl/N-ethyl adjacent to an activating group) is 1. The first kappa shape index (κ1) is 16.6. The molecule has 1 unspecified atom stereocenters. The van der Waals surface area contributed by atoms with E-state index in [1.807, 2.05) is 25.1 Å². The molecule has 0 spiro atoms. The molecule has 0 saturated carbocycles. The number of benzene rings is 2. The minimum absolute atomic E-state index is 0.0148. The van der Waals surface area contributed by atoms with Gasteiger partial charge in [0.2, 0.25) is 0 Å². The van der Waals surface area contributed by atoms with Gasteiger partial charge < -0.3 is 5.32 Å². The van der Waals surface area contributed by atoms with Gasteiger partial charge in [0.25, 0.3) is 0 Å². The summed E-state index contributed by atoms with van der Waals surface area (Å²) in [6.07, 6.45) is 0.686. The van der Waals surface area contributed by atoms with E-state index in [1.165, 1.54) is 6.07 Å². The maximum absolute atomic E-state index is 13.6. The van der Waals surface area contributed by atoms with E-state index >= 15 is 0 Å². The zero-order valence-electron chi connectivity index (χ0n) is 11.5. The first-order chi connectivity index (χ1) is 10.0. The second-order valence-electron chi connectivity index (χ2n) is 4.74. The van der Waals surface area contributed by atoms with Crippen LogP contribution in [0.25, 0.3) is 0 Å². The van der Waals surface area contributed by atoms with Crippen molar-refractivity contribution < 1.29 is 4.39 Å². The van der Waals surface area contributed by atoms with E-state index < -0.39 is 5.82 Å². The van der Waals surface area contributed by atoms with Crippen LogP contribution in [0, 0.1) is 5.82 Å². The molecule has 2 rings (SSSR count). The molecule has 0 radical (unpaired) electrons. The van der Waals surface area contributed by atoms with Gasteiger partial charge in [-0.1, -0.05) is 53.9 Å². The van der Waals surface area contributed by atoms with Crippen molar-refractivity contribution in [3.05, 3.63) is 68.4 Å². The van der Waals surface area contributed by atoms with Crippen molar-refractivity contribution >= 4 is 34.8 Å². The van der Waals surface area contributed by atoms with Gasteiger partial charge in [-0.3, -0.25) is 0 Å². The minimum Gasteiger partial charge on any atom is -0.310 e. The van der Waals surface area contributed by atoms with Crippen molar-refractivity contribution in [1.29, 1.82) is 0 Å². The van der Waals surface area contributed by atoms with Crippen molar-refractivity contribution in [1.82, 2.24) is 5.32 Å². The molecule has 0 aromatic heterocycles. The molecule has 1 atom stereocenters. The predicted molar refractivity (Wildman–Crippen MR) is 88.0 cm³/mol. The van der Waals surface area contributed by atoms with Crippen molar-refractivity contribution in [3.8, 4) is 0 Å². The molecule has 2 aromatic rings. The number of hydrogen-bond acceptors (Lipinski definition) is 1. The summed E-state index contributed by atoms with van der Waals surface area (Å²) in [4.78, 5) is 0. The first-order valence-electron chi connectivity index (χ1n) is 6.63. The van der Waals surface area contributed by atoms with Crippen LogP contribution in [0.4, 0.5) is 4.39 Å². The summed E-state index contributed by atoms with van der Waals surface area (Å²) in [6, 6.07) is 10.4. The lowest BCUT2D eigenvalue weighted by molar-refractivity contribution is 0.543. The quantitative estimate of drug-likeness (QED) is 0.734. The zero-order valence-corrected chi connectivity index (χ0v) is 13.7. The topological polar surface area (TPSA) is 12.0 Å². The van der Waals surface area contributed by atoms with Gasteiger partial charge in [-0.05, 0) is 48.4 Å². The van der Waals surface area contributed by atoms with Gasteiger partial charge in [0, 0.05) is 6.04 Å². The third-order valence-corrected chi connectivity index (χ3v) is 4.27. The molecular formula is C16H15Cl3FN. The van der Waals surface area contributed by atoms with Crippen LogP contribution < -0.4 is 5.32 Å². The molecule has 21 heavy (non-hydrogen) atoms. The fourth-order valence-corrected chi connectivity index (χ4v) is 2.62. The average molecular weight is 347 g/mol. The summed E-state index contributed by atoms with van der Waals surface area (Å²) < 4.78 is 13.6.